The van der Waals surface area contributed by atoms with Gasteiger partial charge in [0.15, 0.2) is 0 Å². The molecule has 8 heteroatoms. The van der Waals surface area contributed by atoms with Crippen LogP contribution in [0.2, 0.25) is 0 Å². The number of hydrogen-bond donors (Lipinski definition) is 0. The van der Waals surface area contributed by atoms with Crippen molar-refractivity contribution in [2.24, 2.45) is 0 Å². The van der Waals surface area contributed by atoms with Crippen LogP contribution in [-0.2, 0) is 0 Å². The third kappa shape index (κ3) is 4.36. The molecule has 1 saturated heterocycles. The molecule has 0 N–H and O–H groups in total. The molecule has 2 heterocycles. The van der Waals surface area contributed by atoms with Gasteiger partial charge in [-0.2, -0.15) is 0 Å². The van der Waals surface area contributed by atoms with E-state index in [1.165, 1.54) is 12.1 Å². The largest absolute Gasteiger partial charge is 0.368 e. The summed E-state index contributed by atoms with van der Waals surface area (Å²) in [6.07, 6.45) is 0. The molecule has 34 heavy (non-hydrogen) atoms. The van der Waals surface area contributed by atoms with E-state index >= 15 is 0 Å². The SMILES string of the molecule is O=C(c1cc(-c2ccc(Br)cc2)nc2ccccc12)N1CCN(c2ccc([N+](=O)[O-])cc2)CC1. The maximum Gasteiger partial charge on any atom is 0.269 e. The molecule has 1 aliphatic heterocycles. The minimum atomic E-state index is -0.401. The number of nitrogens with zero attached hydrogens (tertiary/aromatic N) is 4. The van der Waals surface area contributed by atoms with Gasteiger partial charge < -0.3 is 9.80 Å². The van der Waals surface area contributed by atoms with Crippen molar-refractivity contribution in [2.75, 3.05) is 31.1 Å². The topological polar surface area (TPSA) is 79.6 Å². The zero-order valence-corrected chi connectivity index (χ0v) is 19.8. The van der Waals surface area contributed by atoms with Gasteiger partial charge in [0.1, 0.15) is 0 Å². The third-order valence-corrected chi connectivity index (χ3v) is 6.61. The van der Waals surface area contributed by atoms with Crippen LogP contribution < -0.4 is 4.90 Å². The molecule has 0 radical (unpaired) electrons. The summed E-state index contributed by atoms with van der Waals surface area (Å²) in [4.78, 5) is 32.9. The zero-order valence-electron chi connectivity index (χ0n) is 18.2. The number of fused-ring (bicyclic) bond motifs is 1. The molecule has 0 aliphatic carbocycles. The van der Waals surface area contributed by atoms with Crippen molar-refractivity contribution in [1.82, 2.24) is 9.88 Å². The second kappa shape index (κ2) is 9.23. The first-order chi connectivity index (χ1) is 16.5. The quantitative estimate of drug-likeness (QED) is 0.263. The second-order valence-corrected chi connectivity index (χ2v) is 9.05. The van der Waals surface area contributed by atoms with Crippen molar-refractivity contribution in [2.45, 2.75) is 0 Å². The Hall–Kier alpha value is -3.78. The minimum absolute atomic E-state index is 0.0136. The van der Waals surface area contributed by atoms with Crippen LogP contribution in [0.3, 0.4) is 0 Å². The summed E-state index contributed by atoms with van der Waals surface area (Å²) in [7, 11) is 0. The third-order valence-electron chi connectivity index (χ3n) is 6.08. The van der Waals surface area contributed by atoms with Gasteiger partial charge in [-0.15, -0.1) is 0 Å². The van der Waals surface area contributed by atoms with Crippen LogP contribution in [0.5, 0.6) is 0 Å². The van der Waals surface area contributed by atoms with E-state index in [-0.39, 0.29) is 11.6 Å². The molecule has 3 aromatic carbocycles. The van der Waals surface area contributed by atoms with Crippen molar-refractivity contribution < 1.29 is 9.72 Å². The fraction of sp³-hybridized carbons (Fsp3) is 0.154. The fourth-order valence-corrected chi connectivity index (χ4v) is 4.51. The highest BCUT2D eigenvalue weighted by Crippen LogP contribution is 2.28. The number of amides is 1. The molecule has 0 saturated carbocycles. The number of hydrogen-bond acceptors (Lipinski definition) is 5. The van der Waals surface area contributed by atoms with Gasteiger partial charge in [0, 0.05) is 59.4 Å². The van der Waals surface area contributed by atoms with Gasteiger partial charge in [-0.1, -0.05) is 46.3 Å². The summed E-state index contributed by atoms with van der Waals surface area (Å²) in [5, 5.41) is 11.7. The smallest absolute Gasteiger partial charge is 0.269 e. The molecule has 0 unspecified atom stereocenters. The molecule has 0 atom stereocenters. The number of benzene rings is 3. The summed E-state index contributed by atoms with van der Waals surface area (Å²) in [6.45, 7) is 2.46. The number of carbonyl (C=O) groups is 1. The fourth-order valence-electron chi connectivity index (χ4n) is 4.24. The predicted octanol–water partition coefficient (Wildman–Crippen LogP) is 5.53. The molecule has 5 rings (SSSR count). The zero-order chi connectivity index (χ0) is 23.7. The molecular formula is C26H21BrN4O3. The lowest BCUT2D eigenvalue weighted by Crippen LogP contribution is -2.48. The van der Waals surface area contributed by atoms with Gasteiger partial charge in [0.25, 0.3) is 11.6 Å². The van der Waals surface area contributed by atoms with Gasteiger partial charge in [0.05, 0.1) is 21.7 Å². The van der Waals surface area contributed by atoms with Gasteiger partial charge in [0.2, 0.25) is 0 Å². The van der Waals surface area contributed by atoms with E-state index in [9.17, 15) is 14.9 Å². The van der Waals surface area contributed by atoms with E-state index in [0.29, 0.717) is 31.7 Å². The Labute approximate surface area is 204 Å². The molecule has 4 aromatic rings. The molecule has 7 nitrogen and oxygen atoms in total. The van der Waals surface area contributed by atoms with E-state index in [2.05, 4.69) is 20.8 Å². The van der Waals surface area contributed by atoms with E-state index in [4.69, 9.17) is 4.98 Å². The number of pyridine rings is 1. The Morgan fingerprint density at radius 3 is 2.26 bits per heavy atom. The Kier molecular flexibility index (Phi) is 5.98. The van der Waals surface area contributed by atoms with Crippen LogP contribution in [0.4, 0.5) is 11.4 Å². The summed E-state index contributed by atoms with van der Waals surface area (Å²) in [6, 6.07) is 24.1. The average molecular weight is 517 g/mol. The lowest BCUT2D eigenvalue weighted by atomic mass is 10.0. The standard InChI is InChI=1S/C26H21BrN4O3/c27-19-7-5-18(6-8-19)25-17-23(22-3-1-2-4-24(22)28-25)26(32)30-15-13-29(14-16-30)20-9-11-21(12-10-20)31(33)34/h1-12,17H,13-16H2. The Balaban J connectivity index is 1.39. The minimum Gasteiger partial charge on any atom is -0.368 e. The Morgan fingerprint density at radius 2 is 1.59 bits per heavy atom. The van der Waals surface area contributed by atoms with Gasteiger partial charge >= 0.3 is 0 Å². The lowest BCUT2D eigenvalue weighted by Gasteiger charge is -2.36. The van der Waals surface area contributed by atoms with Crippen LogP contribution >= 0.6 is 15.9 Å². The number of non-ortho nitro benzene ring substituents is 1. The van der Waals surface area contributed by atoms with Crippen molar-refractivity contribution in [3.63, 3.8) is 0 Å². The highest BCUT2D eigenvalue weighted by molar-refractivity contribution is 9.10. The van der Waals surface area contributed by atoms with Crippen LogP contribution in [0, 0.1) is 10.1 Å². The maximum absolute atomic E-state index is 13.6. The van der Waals surface area contributed by atoms with E-state index in [1.807, 2.05) is 59.5 Å². The van der Waals surface area contributed by atoms with Crippen LogP contribution in [0.1, 0.15) is 10.4 Å². The van der Waals surface area contributed by atoms with Crippen molar-refractivity contribution in [3.8, 4) is 11.3 Å². The van der Waals surface area contributed by atoms with Crippen LogP contribution in [0.25, 0.3) is 22.2 Å². The van der Waals surface area contributed by atoms with Gasteiger partial charge in [-0.3, -0.25) is 14.9 Å². The monoisotopic (exact) mass is 516 g/mol. The van der Waals surface area contributed by atoms with Crippen LogP contribution in [-0.4, -0.2) is 46.9 Å². The van der Waals surface area contributed by atoms with E-state index < -0.39 is 4.92 Å². The summed E-state index contributed by atoms with van der Waals surface area (Å²) in [5.74, 6) is -0.0136. The summed E-state index contributed by atoms with van der Waals surface area (Å²) in [5.41, 5.74) is 4.14. The molecule has 1 amide bonds. The first-order valence-corrected chi connectivity index (χ1v) is 11.7. The normalized spacial score (nSPS) is 13.8. The number of aromatic nitrogens is 1. The Bertz CT molecular complexity index is 1370. The number of piperazine rings is 1. The van der Waals surface area contributed by atoms with Crippen molar-refractivity contribution >= 4 is 44.1 Å². The van der Waals surface area contributed by atoms with Gasteiger partial charge in [-0.05, 0) is 36.4 Å². The number of para-hydroxylation sites is 1. The summed E-state index contributed by atoms with van der Waals surface area (Å²) < 4.78 is 0.985. The molecule has 1 aliphatic rings. The molecule has 0 spiro atoms. The number of anilines is 1. The van der Waals surface area contributed by atoms with Crippen LogP contribution in [0.15, 0.2) is 83.3 Å². The van der Waals surface area contributed by atoms with Crippen molar-refractivity contribution in [1.29, 1.82) is 0 Å². The number of nitro benzene ring substituents is 1. The number of nitro groups is 1. The lowest BCUT2D eigenvalue weighted by molar-refractivity contribution is -0.384. The highest BCUT2D eigenvalue weighted by Gasteiger charge is 2.25. The van der Waals surface area contributed by atoms with Crippen molar-refractivity contribution in [3.05, 3.63) is 99.0 Å². The Morgan fingerprint density at radius 1 is 0.912 bits per heavy atom. The second-order valence-electron chi connectivity index (χ2n) is 8.13. The number of halogens is 1. The predicted molar refractivity (Wildman–Crippen MR) is 136 cm³/mol. The number of rotatable bonds is 4. The molecule has 0 bridgehead atoms. The van der Waals surface area contributed by atoms with E-state index in [0.717, 1.165) is 32.3 Å². The molecule has 1 aromatic heterocycles. The molecule has 170 valence electrons. The molecular weight excluding hydrogens is 496 g/mol. The first kappa shape index (κ1) is 22.0. The average Bonchev–Trinajstić information content (AvgIpc) is 2.88. The highest BCUT2D eigenvalue weighted by atomic mass is 79.9. The van der Waals surface area contributed by atoms with E-state index in [1.54, 1.807) is 12.1 Å². The van der Waals surface area contributed by atoms with Gasteiger partial charge in [-0.25, -0.2) is 4.98 Å². The number of carbonyl (C=O) groups excluding carboxylic acids is 1. The maximum atomic E-state index is 13.6. The first-order valence-electron chi connectivity index (χ1n) is 10.9. The molecule has 1 fully saturated rings. The summed E-state index contributed by atoms with van der Waals surface area (Å²) >= 11 is 3.46.